The molecule has 0 amide bonds. The van der Waals surface area contributed by atoms with Gasteiger partial charge in [-0.15, -0.1) is 12.4 Å². The van der Waals surface area contributed by atoms with E-state index in [9.17, 15) is 5.11 Å². The summed E-state index contributed by atoms with van der Waals surface area (Å²) in [5.41, 5.74) is 6.78. The van der Waals surface area contributed by atoms with E-state index in [1.807, 2.05) is 0 Å². The summed E-state index contributed by atoms with van der Waals surface area (Å²) in [7, 11) is 3.07. The largest absolute Gasteiger partial charge is 0.493 e. The van der Waals surface area contributed by atoms with Gasteiger partial charge >= 0.3 is 0 Å². The van der Waals surface area contributed by atoms with Crippen LogP contribution in [0.5, 0.6) is 11.5 Å². The molecule has 0 radical (unpaired) electrons. The highest BCUT2D eigenvalue weighted by molar-refractivity contribution is 6.33. The lowest BCUT2D eigenvalue weighted by Gasteiger charge is -2.22. The molecule has 0 saturated heterocycles. The fourth-order valence-corrected chi connectivity index (χ4v) is 2.41. The zero-order chi connectivity index (χ0) is 15.3. The van der Waals surface area contributed by atoms with Crippen LogP contribution in [0, 0.1) is 5.92 Å². The molecule has 0 aliphatic rings. The van der Waals surface area contributed by atoms with Crippen LogP contribution >= 0.6 is 24.0 Å². The van der Waals surface area contributed by atoms with E-state index in [4.69, 9.17) is 26.8 Å². The second-order valence-corrected chi connectivity index (χ2v) is 5.65. The Hall–Kier alpha value is -0.680. The molecular weight excluding hydrogens is 313 g/mol. The van der Waals surface area contributed by atoms with E-state index in [1.54, 1.807) is 19.2 Å². The van der Waals surface area contributed by atoms with Gasteiger partial charge in [0, 0.05) is 0 Å². The molecule has 1 rings (SSSR count). The number of benzene rings is 1. The Morgan fingerprint density at radius 3 is 2.29 bits per heavy atom. The number of aliphatic hydroxyl groups excluding tert-OH is 1. The number of hydrogen-bond acceptors (Lipinski definition) is 4. The van der Waals surface area contributed by atoms with Gasteiger partial charge in [0.15, 0.2) is 11.5 Å². The van der Waals surface area contributed by atoms with Crippen molar-refractivity contribution in [3.63, 3.8) is 0 Å². The van der Waals surface area contributed by atoms with Gasteiger partial charge in [-0.05, 0) is 30.4 Å². The smallest absolute Gasteiger partial charge is 0.179 e. The number of ether oxygens (including phenoxy) is 2. The van der Waals surface area contributed by atoms with Crippen molar-refractivity contribution in [3.05, 3.63) is 22.7 Å². The summed E-state index contributed by atoms with van der Waals surface area (Å²) in [5, 5.41) is 10.6. The van der Waals surface area contributed by atoms with E-state index < -0.39 is 12.1 Å². The van der Waals surface area contributed by atoms with Crippen LogP contribution in [0.4, 0.5) is 0 Å². The summed E-state index contributed by atoms with van der Waals surface area (Å²) in [6.45, 7) is 4.23. The molecule has 122 valence electrons. The summed E-state index contributed by atoms with van der Waals surface area (Å²) in [4.78, 5) is 0. The van der Waals surface area contributed by atoms with Crippen LogP contribution < -0.4 is 15.2 Å². The Morgan fingerprint density at radius 1 is 1.19 bits per heavy atom. The molecule has 0 fully saturated rings. The highest BCUT2D eigenvalue weighted by Gasteiger charge is 2.23. The van der Waals surface area contributed by atoms with Gasteiger partial charge in [0.2, 0.25) is 0 Å². The van der Waals surface area contributed by atoms with Gasteiger partial charge in [0.05, 0.1) is 31.4 Å². The third-order valence-electron chi connectivity index (χ3n) is 3.33. The third-order valence-corrected chi connectivity index (χ3v) is 3.72. The minimum absolute atomic E-state index is 0. The quantitative estimate of drug-likeness (QED) is 0.798. The fraction of sp³-hybridized carbons (Fsp3) is 0.600. The Morgan fingerprint density at radius 2 is 1.81 bits per heavy atom. The van der Waals surface area contributed by atoms with Gasteiger partial charge < -0.3 is 20.3 Å². The van der Waals surface area contributed by atoms with Crippen molar-refractivity contribution >= 4 is 24.0 Å². The van der Waals surface area contributed by atoms with Gasteiger partial charge in [-0.25, -0.2) is 0 Å². The number of rotatable bonds is 7. The number of halogens is 2. The summed E-state index contributed by atoms with van der Waals surface area (Å²) in [6, 6.07) is 2.98. The number of hydrogen-bond donors (Lipinski definition) is 2. The second kappa shape index (κ2) is 9.36. The van der Waals surface area contributed by atoms with Crippen molar-refractivity contribution in [2.45, 2.75) is 38.8 Å². The van der Waals surface area contributed by atoms with E-state index in [2.05, 4.69) is 13.8 Å². The van der Waals surface area contributed by atoms with Gasteiger partial charge in [-0.2, -0.15) is 0 Å². The summed E-state index contributed by atoms with van der Waals surface area (Å²) in [5.74, 6) is 1.51. The lowest BCUT2D eigenvalue weighted by atomic mass is 9.95. The normalized spacial score (nSPS) is 13.5. The minimum atomic E-state index is -0.631. The zero-order valence-electron chi connectivity index (χ0n) is 12.9. The standard InChI is InChI=1S/C15H24ClNO3.ClH/c1-9(2)5-7-11(18)14(17)10-6-8-12(19-3)15(20-4)13(10)16;/h6,8-9,11,14,18H,5,7,17H2,1-4H3;1H/t11-,14+;/m0./s1. The summed E-state index contributed by atoms with van der Waals surface area (Å²) >= 11 is 6.30. The lowest BCUT2D eigenvalue weighted by molar-refractivity contribution is 0.128. The first-order chi connectivity index (χ1) is 9.42. The van der Waals surface area contributed by atoms with Crippen LogP contribution in [-0.4, -0.2) is 25.4 Å². The average Bonchev–Trinajstić information content (AvgIpc) is 2.43. The monoisotopic (exact) mass is 337 g/mol. The second-order valence-electron chi connectivity index (χ2n) is 5.27. The average molecular weight is 338 g/mol. The van der Waals surface area contributed by atoms with Crippen molar-refractivity contribution in [1.82, 2.24) is 0 Å². The van der Waals surface area contributed by atoms with E-state index in [0.29, 0.717) is 34.4 Å². The third kappa shape index (κ3) is 5.22. The van der Waals surface area contributed by atoms with Gasteiger partial charge in [0.25, 0.3) is 0 Å². The molecule has 0 unspecified atom stereocenters. The maximum absolute atomic E-state index is 10.2. The summed E-state index contributed by atoms with van der Waals surface area (Å²) < 4.78 is 10.4. The van der Waals surface area contributed by atoms with Gasteiger partial charge in [-0.1, -0.05) is 31.5 Å². The molecule has 0 aromatic heterocycles. The molecule has 1 aromatic rings. The van der Waals surface area contributed by atoms with Crippen molar-refractivity contribution in [3.8, 4) is 11.5 Å². The predicted molar refractivity (Wildman–Crippen MR) is 88.8 cm³/mol. The van der Waals surface area contributed by atoms with Crippen LogP contribution in [0.1, 0.15) is 38.3 Å². The van der Waals surface area contributed by atoms with Crippen molar-refractivity contribution in [1.29, 1.82) is 0 Å². The van der Waals surface area contributed by atoms with E-state index in [1.165, 1.54) is 7.11 Å². The first-order valence-corrected chi connectivity index (χ1v) is 7.14. The van der Waals surface area contributed by atoms with Crippen LogP contribution in [0.2, 0.25) is 5.02 Å². The molecule has 0 aliphatic heterocycles. The van der Waals surface area contributed by atoms with Crippen LogP contribution in [0.15, 0.2) is 12.1 Å². The van der Waals surface area contributed by atoms with E-state index in [-0.39, 0.29) is 12.4 Å². The Kier molecular flexibility index (Phi) is 9.06. The lowest BCUT2D eigenvalue weighted by Crippen LogP contribution is -2.27. The molecule has 0 bridgehead atoms. The Balaban J connectivity index is 0.00000400. The van der Waals surface area contributed by atoms with Crippen molar-refractivity contribution in [2.75, 3.05) is 14.2 Å². The molecule has 4 nitrogen and oxygen atoms in total. The van der Waals surface area contributed by atoms with Crippen LogP contribution in [-0.2, 0) is 0 Å². The maximum Gasteiger partial charge on any atom is 0.179 e. The molecule has 6 heteroatoms. The number of nitrogens with two attached hydrogens (primary N) is 1. The minimum Gasteiger partial charge on any atom is -0.493 e. The Labute approximate surface area is 138 Å². The molecule has 21 heavy (non-hydrogen) atoms. The fourth-order valence-electron chi connectivity index (χ4n) is 2.05. The van der Waals surface area contributed by atoms with Crippen LogP contribution in [0.3, 0.4) is 0 Å². The topological polar surface area (TPSA) is 64.7 Å². The highest BCUT2D eigenvalue weighted by Crippen LogP contribution is 2.40. The number of aliphatic hydroxyl groups is 1. The van der Waals surface area contributed by atoms with Gasteiger partial charge in [-0.3, -0.25) is 0 Å². The zero-order valence-corrected chi connectivity index (χ0v) is 14.5. The SMILES string of the molecule is COc1ccc([C@@H](N)[C@@H](O)CCC(C)C)c(Cl)c1OC.Cl. The predicted octanol–water partition coefficient (Wildman–Crippen LogP) is 3.58. The Bertz CT molecular complexity index is 441. The molecule has 3 N–H and O–H groups in total. The molecule has 0 heterocycles. The molecule has 0 saturated carbocycles. The molecule has 2 atom stereocenters. The first kappa shape index (κ1) is 20.3. The highest BCUT2D eigenvalue weighted by atomic mass is 35.5. The molecule has 0 aliphatic carbocycles. The van der Waals surface area contributed by atoms with Gasteiger partial charge in [0.1, 0.15) is 0 Å². The summed E-state index contributed by atoms with van der Waals surface area (Å²) in [6.07, 6.45) is 0.927. The van der Waals surface area contributed by atoms with E-state index >= 15 is 0 Å². The van der Waals surface area contributed by atoms with E-state index in [0.717, 1.165) is 6.42 Å². The first-order valence-electron chi connectivity index (χ1n) is 6.76. The van der Waals surface area contributed by atoms with Crippen molar-refractivity contribution < 1.29 is 14.6 Å². The maximum atomic E-state index is 10.2. The molecule has 1 aromatic carbocycles. The van der Waals surface area contributed by atoms with Crippen molar-refractivity contribution in [2.24, 2.45) is 11.7 Å². The molecular formula is C15H25Cl2NO3. The van der Waals surface area contributed by atoms with Crippen LogP contribution in [0.25, 0.3) is 0 Å². The number of methoxy groups -OCH3 is 2. The molecule has 0 spiro atoms.